The molecule has 1 saturated heterocycles. The molecule has 0 aromatic carbocycles. The predicted octanol–water partition coefficient (Wildman–Crippen LogP) is 1.95. The van der Waals surface area contributed by atoms with Gasteiger partial charge in [0.1, 0.15) is 41.2 Å². The molecule has 1 aliphatic heterocycles. The van der Waals surface area contributed by atoms with Crippen LogP contribution >= 0.6 is 34.7 Å². The molecule has 4 N–H and O–H groups in total. The molecule has 0 amide bonds. The quantitative estimate of drug-likeness (QED) is 0.389. The Kier molecular flexibility index (Phi) is 6.82. The number of aromatic nitrogens is 5. The Balaban J connectivity index is 1.59. The van der Waals surface area contributed by atoms with Crippen molar-refractivity contribution in [2.24, 2.45) is 0 Å². The highest BCUT2D eigenvalue weighted by Gasteiger charge is 2.46. The van der Waals surface area contributed by atoms with Crippen molar-refractivity contribution in [1.29, 1.82) is 0 Å². The number of aromatic hydroxyl groups is 1. The SMILES string of the molecule is OC[C@H]1O[C@H](Sc2cnc(C(F)(F)F)c(Cl)c2)[C@H](O)[C@@H](n2cc(-c3csc(O)n3)nn2)[C@H]1O. The lowest BCUT2D eigenvalue weighted by molar-refractivity contribution is -0.178. The second-order valence-corrected chi connectivity index (χ2v) is 9.33. The maximum atomic E-state index is 12.9. The molecule has 5 atom stereocenters. The number of hydrogen-bond donors (Lipinski definition) is 4. The highest BCUT2D eigenvalue weighted by Crippen LogP contribution is 2.40. The summed E-state index contributed by atoms with van der Waals surface area (Å²) in [5, 5.41) is 49.2. The number of ether oxygens (including phenoxy) is 1. The van der Waals surface area contributed by atoms with Crippen LogP contribution in [0, 0.1) is 0 Å². The molecule has 1 fully saturated rings. The average Bonchev–Trinajstić information content (AvgIpc) is 3.38. The minimum atomic E-state index is -4.72. The van der Waals surface area contributed by atoms with Crippen LogP contribution in [0.5, 0.6) is 5.19 Å². The molecule has 0 aliphatic carbocycles. The lowest BCUT2D eigenvalue weighted by atomic mass is 9.97. The Labute approximate surface area is 196 Å². The van der Waals surface area contributed by atoms with Crippen LogP contribution in [0.2, 0.25) is 5.02 Å². The lowest BCUT2D eigenvalue weighted by Gasteiger charge is -2.41. The van der Waals surface area contributed by atoms with Gasteiger partial charge in [0.25, 0.3) is 5.19 Å². The third kappa shape index (κ3) is 4.94. The smallest absolute Gasteiger partial charge is 0.434 e. The molecule has 33 heavy (non-hydrogen) atoms. The molecule has 4 heterocycles. The van der Waals surface area contributed by atoms with E-state index >= 15 is 0 Å². The highest BCUT2D eigenvalue weighted by molar-refractivity contribution is 7.99. The molecule has 1 aliphatic rings. The van der Waals surface area contributed by atoms with E-state index in [1.54, 1.807) is 0 Å². The first-order valence-corrected chi connectivity index (χ1v) is 11.3. The van der Waals surface area contributed by atoms with Crippen LogP contribution in [0.25, 0.3) is 11.4 Å². The normalized spacial score (nSPS) is 26.0. The van der Waals surface area contributed by atoms with E-state index in [9.17, 15) is 33.6 Å². The summed E-state index contributed by atoms with van der Waals surface area (Å²) in [4.78, 5) is 7.39. The number of hydrogen-bond acceptors (Lipinski definition) is 11. The van der Waals surface area contributed by atoms with Crippen molar-refractivity contribution in [3.63, 3.8) is 0 Å². The van der Waals surface area contributed by atoms with Crippen LogP contribution in [0.4, 0.5) is 13.2 Å². The largest absolute Gasteiger partial charge is 0.486 e. The van der Waals surface area contributed by atoms with Crippen molar-refractivity contribution in [3.05, 3.63) is 34.6 Å². The third-order valence-electron chi connectivity index (χ3n) is 4.76. The predicted molar refractivity (Wildman–Crippen MR) is 110 cm³/mol. The zero-order valence-electron chi connectivity index (χ0n) is 16.2. The van der Waals surface area contributed by atoms with Gasteiger partial charge in [-0.05, 0) is 6.07 Å². The van der Waals surface area contributed by atoms with Crippen LogP contribution in [0.1, 0.15) is 11.7 Å². The third-order valence-corrected chi connectivity index (χ3v) is 6.80. The fraction of sp³-hybridized carbons (Fsp3) is 0.412. The summed E-state index contributed by atoms with van der Waals surface area (Å²) in [5.74, 6) is 0. The first kappa shape index (κ1) is 24.1. The van der Waals surface area contributed by atoms with Gasteiger partial charge in [0.05, 0.1) is 17.8 Å². The molecule has 0 radical (unpaired) electrons. The Hall–Kier alpha value is -2.01. The summed E-state index contributed by atoms with van der Waals surface area (Å²) in [5.41, 5.74) is -1.78. The van der Waals surface area contributed by atoms with E-state index in [1.165, 1.54) is 16.3 Å². The molecular weight excluding hydrogens is 511 g/mol. The van der Waals surface area contributed by atoms with Gasteiger partial charge in [0.2, 0.25) is 0 Å². The van der Waals surface area contributed by atoms with Crippen LogP contribution in [-0.4, -0.2) is 75.7 Å². The first-order chi connectivity index (χ1) is 15.6. The van der Waals surface area contributed by atoms with E-state index < -0.39 is 53.3 Å². The Morgan fingerprint density at radius 1 is 1.24 bits per heavy atom. The van der Waals surface area contributed by atoms with Crippen molar-refractivity contribution < 1.29 is 38.3 Å². The maximum Gasteiger partial charge on any atom is 0.434 e. The van der Waals surface area contributed by atoms with Crippen LogP contribution in [0.3, 0.4) is 0 Å². The number of thiazole rings is 1. The first-order valence-electron chi connectivity index (χ1n) is 9.17. The molecule has 0 spiro atoms. The van der Waals surface area contributed by atoms with Crippen LogP contribution in [0.15, 0.2) is 28.7 Å². The molecule has 0 unspecified atom stereocenters. The molecule has 4 rings (SSSR count). The number of thioether (sulfide) groups is 1. The topological polar surface area (TPSA) is 147 Å². The highest BCUT2D eigenvalue weighted by atomic mass is 35.5. The van der Waals surface area contributed by atoms with Crippen LogP contribution < -0.4 is 0 Å². The van der Waals surface area contributed by atoms with Gasteiger partial charge < -0.3 is 25.2 Å². The second-order valence-electron chi connectivity index (χ2n) is 6.91. The van der Waals surface area contributed by atoms with Crippen molar-refractivity contribution >= 4 is 34.7 Å². The molecule has 16 heteroatoms. The van der Waals surface area contributed by atoms with Crippen molar-refractivity contribution in [1.82, 2.24) is 25.0 Å². The van der Waals surface area contributed by atoms with E-state index in [2.05, 4.69) is 20.3 Å². The molecule has 3 aromatic heterocycles. The Morgan fingerprint density at radius 3 is 2.61 bits per heavy atom. The molecule has 10 nitrogen and oxygen atoms in total. The molecule has 0 saturated carbocycles. The lowest BCUT2D eigenvalue weighted by Crippen LogP contribution is -2.55. The zero-order chi connectivity index (χ0) is 23.9. The van der Waals surface area contributed by atoms with Gasteiger partial charge in [-0.1, -0.05) is 39.9 Å². The number of pyridine rings is 1. The fourth-order valence-corrected chi connectivity index (χ4v) is 5.17. The number of rotatable bonds is 5. The molecule has 3 aromatic rings. The Bertz CT molecular complexity index is 1130. The van der Waals surface area contributed by atoms with E-state index in [-0.39, 0.29) is 15.8 Å². The van der Waals surface area contributed by atoms with E-state index in [1.807, 2.05) is 0 Å². The summed E-state index contributed by atoms with van der Waals surface area (Å²) in [6, 6.07) is -0.0891. The monoisotopic (exact) mass is 525 g/mol. The molecule has 178 valence electrons. The average molecular weight is 526 g/mol. The summed E-state index contributed by atoms with van der Waals surface area (Å²) < 4.78 is 45.4. The minimum Gasteiger partial charge on any atom is -0.486 e. The zero-order valence-corrected chi connectivity index (χ0v) is 18.6. The van der Waals surface area contributed by atoms with Gasteiger partial charge in [0, 0.05) is 16.5 Å². The van der Waals surface area contributed by atoms with Crippen molar-refractivity contribution in [3.8, 4) is 16.6 Å². The number of aliphatic hydroxyl groups is 3. The van der Waals surface area contributed by atoms with E-state index in [4.69, 9.17) is 16.3 Å². The number of alkyl halides is 3. The van der Waals surface area contributed by atoms with E-state index in [0.717, 1.165) is 35.4 Å². The van der Waals surface area contributed by atoms with Crippen LogP contribution in [-0.2, 0) is 10.9 Å². The van der Waals surface area contributed by atoms with Crippen molar-refractivity contribution in [2.75, 3.05) is 6.61 Å². The Morgan fingerprint density at radius 2 is 2.00 bits per heavy atom. The number of aliphatic hydroxyl groups excluding tert-OH is 3. The molecule has 0 bridgehead atoms. The van der Waals surface area contributed by atoms with Gasteiger partial charge >= 0.3 is 6.18 Å². The summed E-state index contributed by atoms with van der Waals surface area (Å²) in [6.07, 6.45) is -6.35. The summed E-state index contributed by atoms with van der Waals surface area (Å²) in [6.45, 7) is -0.602. The minimum absolute atomic E-state index is 0.168. The van der Waals surface area contributed by atoms with Gasteiger partial charge in [-0.25, -0.2) is 14.6 Å². The number of halogens is 4. The van der Waals surface area contributed by atoms with Crippen molar-refractivity contribution in [2.45, 2.75) is 40.9 Å². The second kappa shape index (κ2) is 9.32. The number of nitrogens with zero attached hydrogens (tertiary/aromatic N) is 5. The van der Waals surface area contributed by atoms with E-state index in [0.29, 0.717) is 5.69 Å². The standard InChI is InChI=1S/C17H15ClF3N5O5S2/c18-7-1-6(2-22-14(7)17(19,20)21)33-15-13(29)11(12(28)10(4-27)31-15)26-3-8(24-25-26)9-5-32-16(30)23-9/h1-3,5,10-13,15,27-29H,4H2,(H,23,30)/t10-,11+,12+,13-,15-/m1/s1. The fourth-order valence-electron chi connectivity index (χ4n) is 3.23. The maximum absolute atomic E-state index is 12.9. The van der Waals surface area contributed by atoms with Gasteiger partial charge in [-0.2, -0.15) is 13.2 Å². The summed E-state index contributed by atoms with van der Waals surface area (Å²) >= 11 is 7.51. The molecular formula is C17H15ClF3N5O5S2. The van der Waals surface area contributed by atoms with Gasteiger partial charge in [-0.15, -0.1) is 5.10 Å². The van der Waals surface area contributed by atoms with Gasteiger partial charge in [0.15, 0.2) is 5.69 Å². The van der Waals surface area contributed by atoms with Gasteiger partial charge in [-0.3, -0.25) is 0 Å². The summed E-state index contributed by atoms with van der Waals surface area (Å²) in [7, 11) is 0.